The fraction of sp³-hybridized carbons (Fsp3) is 0.577. The number of benzene rings is 1. The van der Waals surface area contributed by atoms with Crippen molar-refractivity contribution in [3.63, 3.8) is 0 Å². The molecule has 0 saturated carbocycles. The third-order valence-corrected chi connectivity index (χ3v) is 6.50. The number of ether oxygens (including phenoxy) is 2. The molecule has 1 aromatic rings. The molecule has 2 aliphatic rings. The highest BCUT2D eigenvalue weighted by atomic mass is 16.5. The maximum atomic E-state index is 13.4. The molecule has 2 heterocycles. The van der Waals surface area contributed by atoms with Gasteiger partial charge in [-0.1, -0.05) is 44.2 Å². The predicted octanol–water partition coefficient (Wildman–Crippen LogP) is -1.31. The van der Waals surface area contributed by atoms with Crippen LogP contribution in [0.3, 0.4) is 0 Å². The molecule has 4 atom stereocenters. The molecule has 208 valence electrons. The summed E-state index contributed by atoms with van der Waals surface area (Å²) in [5, 5.41) is 8.24. The zero-order chi connectivity index (χ0) is 27.8. The molecule has 3 N–H and O–H groups in total. The van der Waals surface area contributed by atoms with Crippen molar-refractivity contribution in [3.8, 4) is 0 Å². The first-order valence-corrected chi connectivity index (χ1v) is 12.7. The van der Waals surface area contributed by atoms with Crippen molar-refractivity contribution >= 4 is 29.5 Å². The van der Waals surface area contributed by atoms with E-state index in [1.54, 1.807) is 13.8 Å². The van der Waals surface area contributed by atoms with E-state index in [0.29, 0.717) is 0 Å². The summed E-state index contributed by atoms with van der Waals surface area (Å²) in [5.74, 6) is -2.53. The number of nitrogens with one attached hydrogen (secondary N) is 3. The lowest BCUT2D eigenvalue weighted by Crippen LogP contribution is -2.60. The summed E-state index contributed by atoms with van der Waals surface area (Å²) in [7, 11) is 2.87. The normalized spacial score (nSPS) is 25.7. The number of rotatable bonds is 5. The molecule has 2 aliphatic heterocycles. The fourth-order valence-corrected chi connectivity index (χ4v) is 4.47. The van der Waals surface area contributed by atoms with Gasteiger partial charge in [0.2, 0.25) is 23.6 Å². The van der Waals surface area contributed by atoms with Crippen molar-refractivity contribution in [2.24, 2.45) is 5.92 Å². The predicted molar refractivity (Wildman–Crippen MR) is 137 cm³/mol. The van der Waals surface area contributed by atoms with Crippen LogP contribution in [0.5, 0.6) is 0 Å². The summed E-state index contributed by atoms with van der Waals surface area (Å²) in [6.45, 7) is 3.25. The zero-order valence-electron chi connectivity index (χ0n) is 22.3. The van der Waals surface area contributed by atoms with Gasteiger partial charge in [-0.05, 0) is 11.5 Å². The maximum absolute atomic E-state index is 13.4. The Morgan fingerprint density at radius 1 is 1.08 bits per heavy atom. The van der Waals surface area contributed by atoms with Gasteiger partial charge < -0.3 is 35.2 Å². The highest BCUT2D eigenvalue weighted by molar-refractivity contribution is 5.93. The first-order valence-electron chi connectivity index (χ1n) is 12.7. The van der Waals surface area contributed by atoms with Gasteiger partial charge in [-0.15, -0.1) is 0 Å². The van der Waals surface area contributed by atoms with Gasteiger partial charge in [-0.2, -0.15) is 0 Å². The van der Waals surface area contributed by atoms with Crippen molar-refractivity contribution in [1.29, 1.82) is 0 Å². The van der Waals surface area contributed by atoms with Crippen LogP contribution in [0.4, 0.5) is 0 Å². The van der Waals surface area contributed by atoms with E-state index in [0.717, 1.165) is 5.56 Å². The molecular weight excluding hydrogens is 494 g/mol. The van der Waals surface area contributed by atoms with Crippen molar-refractivity contribution in [2.75, 3.05) is 46.9 Å². The number of nitrogens with zero attached hydrogens (tertiary/aromatic N) is 2. The molecule has 0 radical (unpaired) electrons. The molecule has 12 heteroatoms. The van der Waals surface area contributed by atoms with Gasteiger partial charge in [-0.25, -0.2) is 0 Å². The number of morpholine rings is 1. The van der Waals surface area contributed by atoms with Crippen LogP contribution in [-0.2, 0) is 39.9 Å². The van der Waals surface area contributed by atoms with Gasteiger partial charge >= 0.3 is 0 Å². The molecule has 12 nitrogen and oxygen atoms in total. The molecule has 0 spiro atoms. The highest BCUT2D eigenvalue weighted by Gasteiger charge is 2.37. The summed E-state index contributed by atoms with van der Waals surface area (Å²) in [4.78, 5) is 67.8. The van der Waals surface area contributed by atoms with Gasteiger partial charge in [0.1, 0.15) is 18.7 Å². The Morgan fingerprint density at radius 3 is 2.45 bits per heavy atom. The largest absolute Gasteiger partial charge is 0.375 e. The average Bonchev–Trinajstić information content (AvgIpc) is 2.89. The van der Waals surface area contributed by atoms with Crippen LogP contribution in [0.2, 0.25) is 0 Å². The lowest BCUT2D eigenvalue weighted by molar-refractivity contribution is -0.159. The number of amides is 5. The van der Waals surface area contributed by atoms with Gasteiger partial charge in [0, 0.05) is 33.7 Å². The highest BCUT2D eigenvalue weighted by Crippen LogP contribution is 2.14. The number of hydrogen-bond donors (Lipinski definition) is 3. The molecular formula is C26H37N5O7. The Hall–Kier alpha value is -3.51. The molecule has 2 bridgehead atoms. The van der Waals surface area contributed by atoms with Crippen molar-refractivity contribution < 1.29 is 33.4 Å². The Bertz CT molecular complexity index is 1020. The van der Waals surface area contributed by atoms with Crippen molar-refractivity contribution in [1.82, 2.24) is 25.8 Å². The van der Waals surface area contributed by atoms with Crippen LogP contribution in [-0.4, -0.2) is 111 Å². The fourth-order valence-electron chi connectivity index (χ4n) is 4.47. The van der Waals surface area contributed by atoms with E-state index in [1.807, 2.05) is 30.3 Å². The van der Waals surface area contributed by atoms with Crippen LogP contribution in [0.1, 0.15) is 19.4 Å². The molecule has 0 aromatic heterocycles. The van der Waals surface area contributed by atoms with Crippen LogP contribution < -0.4 is 16.0 Å². The van der Waals surface area contributed by atoms with Crippen LogP contribution in [0.25, 0.3) is 0 Å². The van der Waals surface area contributed by atoms with Crippen LogP contribution in [0.15, 0.2) is 30.3 Å². The average molecular weight is 532 g/mol. The second-order valence-electron chi connectivity index (χ2n) is 9.96. The van der Waals surface area contributed by atoms with Gasteiger partial charge in [-0.3, -0.25) is 24.0 Å². The van der Waals surface area contributed by atoms with Crippen molar-refractivity contribution in [3.05, 3.63) is 35.9 Å². The van der Waals surface area contributed by atoms with E-state index in [9.17, 15) is 24.0 Å². The SMILES string of the molecule is COCC(=O)N1C[C@@H]2CNC(=O)[C@H](C(C)C)NC(=O)CN(C)C(=O)[C@@H](Cc3ccccc3)NC(=O)[C@@H](C1)O2. The Labute approximate surface area is 222 Å². The summed E-state index contributed by atoms with van der Waals surface area (Å²) < 4.78 is 11.0. The smallest absolute Gasteiger partial charge is 0.251 e. The number of fused-ring (bicyclic) bond motifs is 2. The minimum absolute atomic E-state index is 0.0186. The Morgan fingerprint density at radius 2 is 1.79 bits per heavy atom. The van der Waals surface area contributed by atoms with Crippen LogP contribution >= 0.6 is 0 Å². The number of carbonyl (C=O) groups excluding carboxylic acids is 5. The first kappa shape index (κ1) is 29.1. The first-order chi connectivity index (χ1) is 18.1. The summed E-state index contributed by atoms with van der Waals surface area (Å²) >= 11 is 0. The minimum Gasteiger partial charge on any atom is -0.375 e. The Balaban J connectivity index is 1.93. The second kappa shape index (κ2) is 13.3. The van der Waals surface area contributed by atoms with Crippen molar-refractivity contribution in [2.45, 2.75) is 44.6 Å². The maximum Gasteiger partial charge on any atom is 0.251 e. The molecule has 5 amide bonds. The molecule has 2 saturated heterocycles. The number of hydrogen-bond acceptors (Lipinski definition) is 7. The molecule has 0 aliphatic carbocycles. The molecule has 3 rings (SSSR count). The van der Waals surface area contributed by atoms with Gasteiger partial charge in [0.15, 0.2) is 6.10 Å². The lowest BCUT2D eigenvalue weighted by atomic mass is 10.0. The van der Waals surface area contributed by atoms with Gasteiger partial charge in [0.05, 0.1) is 19.2 Å². The molecule has 2 fully saturated rings. The summed E-state index contributed by atoms with van der Waals surface area (Å²) in [6.07, 6.45) is -1.58. The summed E-state index contributed by atoms with van der Waals surface area (Å²) in [5.41, 5.74) is 0.816. The molecule has 38 heavy (non-hydrogen) atoms. The lowest BCUT2D eigenvalue weighted by Gasteiger charge is -2.38. The standard InChI is InChI=1S/C26H37N5O7/c1-16(2)23-25(35)27-11-18-12-31(22(33)15-37-4)13-20(38-18)24(34)28-19(10-17-8-6-5-7-9-17)26(36)30(3)14-21(32)29-23/h5-9,16,18-20,23H,10-15H2,1-4H3,(H,27,35)(H,28,34)(H,29,32)/t18-,19+,20+,23-/m0/s1. The Kier molecular flexibility index (Phi) is 10.2. The quantitative estimate of drug-likeness (QED) is 0.427. The molecule has 1 aromatic carbocycles. The summed E-state index contributed by atoms with van der Waals surface area (Å²) in [6, 6.07) is 7.35. The third kappa shape index (κ3) is 7.75. The van der Waals surface area contributed by atoms with Crippen LogP contribution in [0, 0.1) is 5.92 Å². The number of likely N-dealkylation sites (N-methyl/N-ethyl adjacent to an activating group) is 1. The minimum atomic E-state index is -1.08. The number of carbonyl (C=O) groups is 5. The second-order valence-corrected chi connectivity index (χ2v) is 9.96. The van der Waals surface area contributed by atoms with E-state index in [4.69, 9.17) is 9.47 Å². The zero-order valence-corrected chi connectivity index (χ0v) is 22.3. The van der Waals surface area contributed by atoms with Gasteiger partial charge in [0.25, 0.3) is 5.91 Å². The monoisotopic (exact) mass is 531 g/mol. The van der Waals surface area contributed by atoms with E-state index in [2.05, 4.69) is 16.0 Å². The van der Waals surface area contributed by atoms with E-state index < -0.39 is 47.9 Å². The number of methoxy groups -OCH3 is 1. The topological polar surface area (TPSA) is 146 Å². The van der Waals surface area contributed by atoms with E-state index in [-0.39, 0.29) is 51.0 Å². The van der Waals surface area contributed by atoms with E-state index >= 15 is 0 Å². The van der Waals surface area contributed by atoms with E-state index in [1.165, 1.54) is 24.0 Å². The third-order valence-electron chi connectivity index (χ3n) is 6.50. The molecule has 0 unspecified atom stereocenters.